The summed E-state index contributed by atoms with van der Waals surface area (Å²) in [7, 11) is 0. The molecular formula is C22H14N8. The molecule has 8 nitrogen and oxygen atoms in total. The molecule has 142 valence electrons. The van der Waals surface area contributed by atoms with Gasteiger partial charge in [-0.1, -0.05) is 0 Å². The number of aromatic nitrogens is 8. The number of imidazole rings is 1. The van der Waals surface area contributed by atoms with Crippen LogP contribution >= 0.6 is 0 Å². The van der Waals surface area contributed by atoms with Crippen molar-refractivity contribution in [2.75, 3.05) is 0 Å². The molecule has 30 heavy (non-hydrogen) atoms. The van der Waals surface area contributed by atoms with Crippen LogP contribution in [0.15, 0.2) is 73.6 Å². The summed E-state index contributed by atoms with van der Waals surface area (Å²) < 4.78 is 0. The molecule has 6 aromatic heterocycles. The standard InChI is InChI=1S/C22H14N8/c1-2-14(10-24-7-1)16-3-4-17-20(26-16)21(30-29-17)22-27-18-12-25-11-15(19(18)28-22)13-5-8-23-9-6-13/h1-12H,(H,27,28)(H,29,30). The molecule has 0 saturated heterocycles. The van der Waals surface area contributed by atoms with E-state index >= 15 is 0 Å². The van der Waals surface area contributed by atoms with Crippen molar-refractivity contribution in [3.8, 4) is 33.9 Å². The van der Waals surface area contributed by atoms with Crippen LogP contribution in [0.25, 0.3) is 56.0 Å². The first-order valence-corrected chi connectivity index (χ1v) is 9.37. The van der Waals surface area contributed by atoms with Crippen molar-refractivity contribution >= 4 is 22.1 Å². The first-order valence-electron chi connectivity index (χ1n) is 9.37. The fourth-order valence-electron chi connectivity index (χ4n) is 3.53. The second kappa shape index (κ2) is 6.56. The molecule has 0 aliphatic rings. The lowest BCUT2D eigenvalue weighted by atomic mass is 10.1. The lowest BCUT2D eigenvalue weighted by molar-refractivity contribution is 1.10. The van der Waals surface area contributed by atoms with Gasteiger partial charge < -0.3 is 4.98 Å². The Morgan fingerprint density at radius 1 is 0.667 bits per heavy atom. The summed E-state index contributed by atoms with van der Waals surface area (Å²) in [6, 6.07) is 11.7. The Balaban J connectivity index is 1.52. The molecule has 0 radical (unpaired) electrons. The molecule has 6 rings (SSSR count). The van der Waals surface area contributed by atoms with Crippen LogP contribution in [0, 0.1) is 0 Å². The van der Waals surface area contributed by atoms with E-state index in [1.165, 1.54) is 0 Å². The average Bonchev–Trinajstić information content (AvgIpc) is 3.43. The van der Waals surface area contributed by atoms with Crippen molar-refractivity contribution < 1.29 is 0 Å². The minimum absolute atomic E-state index is 0.635. The van der Waals surface area contributed by atoms with Crippen molar-refractivity contribution in [2.24, 2.45) is 0 Å². The van der Waals surface area contributed by atoms with Gasteiger partial charge in [0.05, 0.1) is 28.4 Å². The van der Waals surface area contributed by atoms with Crippen molar-refractivity contribution in [1.29, 1.82) is 0 Å². The summed E-state index contributed by atoms with van der Waals surface area (Å²) >= 11 is 0. The fourth-order valence-corrected chi connectivity index (χ4v) is 3.53. The maximum atomic E-state index is 4.83. The topological polar surface area (TPSA) is 109 Å². The summed E-state index contributed by atoms with van der Waals surface area (Å²) in [6.45, 7) is 0. The average molecular weight is 390 g/mol. The van der Waals surface area contributed by atoms with E-state index in [9.17, 15) is 0 Å². The third-order valence-electron chi connectivity index (χ3n) is 4.97. The highest BCUT2D eigenvalue weighted by molar-refractivity contribution is 5.95. The van der Waals surface area contributed by atoms with Gasteiger partial charge in [-0.3, -0.25) is 20.1 Å². The van der Waals surface area contributed by atoms with Crippen LogP contribution in [-0.4, -0.2) is 40.1 Å². The van der Waals surface area contributed by atoms with E-state index in [0.717, 1.165) is 44.5 Å². The Bertz CT molecular complexity index is 1490. The maximum absolute atomic E-state index is 4.83. The number of rotatable bonds is 3. The largest absolute Gasteiger partial charge is 0.335 e. The molecule has 0 bridgehead atoms. The van der Waals surface area contributed by atoms with Gasteiger partial charge in [-0.05, 0) is 42.0 Å². The Morgan fingerprint density at radius 2 is 1.60 bits per heavy atom. The molecule has 6 aromatic rings. The van der Waals surface area contributed by atoms with Crippen LogP contribution < -0.4 is 0 Å². The van der Waals surface area contributed by atoms with E-state index < -0.39 is 0 Å². The number of nitrogens with one attached hydrogen (secondary N) is 2. The molecule has 0 fully saturated rings. The molecule has 0 atom stereocenters. The first kappa shape index (κ1) is 16.5. The van der Waals surface area contributed by atoms with E-state index in [0.29, 0.717) is 11.5 Å². The number of fused-ring (bicyclic) bond motifs is 2. The number of aromatic amines is 2. The number of pyridine rings is 4. The van der Waals surface area contributed by atoms with Crippen molar-refractivity contribution in [3.05, 3.63) is 73.6 Å². The van der Waals surface area contributed by atoms with Gasteiger partial charge in [0.2, 0.25) is 0 Å². The molecule has 0 spiro atoms. The summed E-state index contributed by atoms with van der Waals surface area (Å²) in [5, 5.41) is 7.51. The smallest absolute Gasteiger partial charge is 0.161 e. The van der Waals surface area contributed by atoms with E-state index in [-0.39, 0.29) is 0 Å². The minimum Gasteiger partial charge on any atom is -0.335 e. The Kier molecular flexibility index (Phi) is 3.60. The van der Waals surface area contributed by atoms with Crippen LogP contribution in [0.5, 0.6) is 0 Å². The van der Waals surface area contributed by atoms with Gasteiger partial charge in [0, 0.05) is 42.1 Å². The number of nitrogens with zero attached hydrogens (tertiary/aromatic N) is 6. The number of hydrogen-bond donors (Lipinski definition) is 2. The Hall–Kier alpha value is -4.46. The van der Waals surface area contributed by atoms with Gasteiger partial charge in [0.1, 0.15) is 5.52 Å². The van der Waals surface area contributed by atoms with Crippen molar-refractivity contribution in [3.63, 3.8) is 0 Å². The molecule has 0 aliphatic carbocycles. The van der Waals surface area contributed by atoms with Crippen LogP contribution in [0.1, 0.15) is 0 Å². The lowest BCUT2D eigenvalue weighted by Crippen LogP contribution is -1.87. The van der Waals surface area contributed by atoms with E-state index in [4.69, 9.17) is 9.97 Å². The van der Waals surface area contributed by atoms with E-state index in [1.807, 2.05) is 42.6 Å². The van der Waals surface area contributed by atoms with Crippen LogP contribution in [0.2, 0.25) is 0 Å². The molecule has 8 heteroatoms. The van der Waals surface area contributed by atoms with E-state index in [1.54, 1.807) is 31.0 Å². The quantitative estimate of drug-likeness (QED) is 0.472. The third-order valence-corrected chi connectivity index (χ3v) is 4.97. The predicted molar refractivity (Wildman–Crippen MR) is 113 cm³/mol. The van der Waals surface area contributed by atoms with Crippen LogP contribution in [-0.2, 0) is 0 Å². The molecule has 0 saturated carbocycles. The molecule has 0 unspecified atom stereocenters. The molecule has 0 aliphatic heterocycles. The predicted octanol–water partition coefficient (Wildman–Crippen LogP) is 4.02. The minimum atomic E-state index is 0.635. The lowest BCUT2D eigenvalue weighted by Gasteiger charge is -2.00. The highest BCUT2D eigenvalue weighted by Crippen LogP contribution is 2.30. The fraction of sp³-hybridized carbons (Fsp3) is 0. The van der Waals surface area contributed by atoms with Gasteiger partial charge in [-0.25, -0.2) is 9.97 Å². The monoisotopic (exact) mass is 390 g/mol. The van der Waals surface area contributed by atoms with Crippen molar-refractivity contribution in [2.45, 2.75) is 0 Å². The summed E-state index contributed by atoms with van der Waals surface area (Å²) in [6.07, 6.45) is 10.6. The molecule has 6 heterocycles. The highest BCUT2D eigenvalue weighted by atomic mass is 15.1. The number of H-pyrrole nitrogens is 2. The molecular weight excluding hydrogens is 376 g/mol. The van der Waals surface area contributed by atoms with E-state index in [2.05, 4.69) is 30.1 Å². The van der Waals surface area contributed by atoms with Crippen LogP contribution in [0.3, 0.4) is 0 Å². The molecule has 0 aromatic carbocycles. The highest BCUT2D eigenvalue weighted by Gasteiger charge is 2.17. The Morgan fingerprint density at radius 3 is 2.47 bits per heavy atom. The van der Waals surface area contributed by atoms with Gasteiger partial charge in [0.15, 0.2) is 11.5 Å². The summed E-state index contributed by atoms with van der Waals surface area (Å²) in [5.74, 6) is 0.635. The maximum Gasteiger partial charge on any atom is 0.161 e. The zero-order chi connectivity index (χ0) is 19.9. The molecule has 0 amide bonds. The second-order valence-electron chi connectivity index (χ2n) is 6.81. The first-order chi connectivity index (χ1) is 14.9. The van der Waals surface area contributed by atoms with Gasteiger partial charge >= 0.3 is 0 Å². The zero-order valence-corrected chi connectivity index (χ0v) is 15.6. The van der Waals surface area contributed by atoms with Crippen LogP contribution in [0.4, 0.5) is 0 Å². The summed E-state index contributed by atoms with van der Waals surface area (Å²) in [4.78, 5) is 25.6. The van der Waals surface area contributed by atoms with Gasteiger partial charge in [-0.15, -0.1) is 0 Å². The van der Waals surface area contributed by atoms with Gasteiger partial charge in [-0.2, -0.15) is 5.10 Å². The van der Waals surface area contributed by atoms with Crippen molar-refractivity contribution in [1.82, 2.24) is 40.1 Å². The third kappa shape index (κ3) is 2.62. The second-order valence-corrected chi connectivity index (χ2v) is 6.81. The number of hydrogen-bond acceptors (Lipinski definition) is 6. The van der Waals surface area contributed by atoms with Gasteiger partial charge in [0.25, 0.3) is 0 Å². The molecule has 2 N–H and O–H groups in total. The zero-order valence-electron chi connectivity index (χ0n) is 15.6. The summed E-state index contributed by atoms with van der Waals surface area (Å²) in [5.41, 5.74) is 7.61. The SMILES string of the molecule is c1cncc(-c2ccc3[nH]nc(-c4nc5c(-c6ccncc6)cncc5[nH]4)c3n2)c1. The Labute approximate surface area is 170 Å². The normalized spacial score (nSPS) is 11.3.